The van der Waals surface area contributed by atoms with Crippen molar-refractivity contribution >= 4 is 64.3 Å². The number of halogens is 2. The average Bonchev–Trinajstić information content (AvgIpc) is 2.42. The first-order valence-corrected chi connectivity index (χ1v) is 14.0. The third-order valence-electron chi connectivity index (χ3n) is 2.78. The molecule has 116 valence electrons. The van der Waals surface area contributed by atoms with E-state index in [2.05, 4.69) is 48.3 Å². The largest absolute Gasteiger partial charge is 0.443 e. The van der Waals surface area contributed by atoms with Crippen LogP contribution in [0.2, 0.25) is 0 Å². The van der Waals surface area contributed by atoms with E-state index in [4.69, 9.17) is 4.74 Å². The summed E-state index contributed by atoms with van der Waals surface area (Å²) in [7, 11) is 0. The Kier molecular flexibility index (Phi) is 8.62. The summed E-state index contributed by atoms with van der Waals surface area (Å²) in [5.41, 5.74) is 0.446. The third kappa shape index (κ3) is 7.36. The molecule has 0 N–H and O–H groups in total. The molecule has 0 saturated carbocycles. The van der Waals surface area contributed by atoms with E-state index in [0.29, 0.717) is 6.54 Å². The Morgan fingerprint density at radius 2 is 1.90 bits per heavy atom. The summed E-state index contributed by atoms with van der Waals surface area (Å²) >= 11 is 5.71. The number of hydrogen-bond acceptors (Lipinski definition) is 2. The molecule has 1 aromatic carbocycles. The van der Waals surface area contributed by atoms with E-state index in [1.807, 2.05) is 32.9 Å². The number of unbranched alkanes of at least 4 members (excludes halogenated alkanes) is 1. The lowest BCUT2D eigenvalue weighted by atomic mass is 10.2. The second-order valence-corrected chi connectivity index (χ2v) is 9.99. The molecule has 1 rings (SSSR count). The van der Waals surface area contributed by atoms with Gasteiger partial charge >= 0.3 is 18.0 Å². The maximum atomic E-state index is 12.4. The molecule has 0 heterocycles. The number of hydrogen-bond donors (Lipinski definition) is 0. The van der Waals surface area contributed by atoms with Crippen LogP contribution in [-0.2, 0) is 4.74 Å². The lowest BCUT2D eigenvalue weighted by molar-refractivity contribution is 0.0580. The highest BCUT2D eigenvalue weighted by molar-refractivity contribution is 14.1. The molecule has 1 aromatic rings. The van der Waals surface area contributed by atoms with Gasteiger partial charge in [0, 0.05) is 17.6 Å². The van der Waals surface area contributed by atoms with Crippen LogP contribution < -0.4 is 9.33 Å². The Morgan fingerprint density at radius 1 is 1.29 bits per heavy atom. The fourth-order valence-electron chi connectivity index (χ4n) is 1.77. The SMILES string of the molecule is CC(C)(C)OC(=O)N(CCCCBr)c1cc[c]([AlH][I])cc1. The van der Waals surface area contributed by atoms with E-state index in [1.165, 1.54) is 4.43 Å². The molecule has 0 saturated heterocycles. The average molecular weight is 482 g/mol. The summed E-state index contributed by atoms with van der Waals surface area (Å²) in [4.78, 5) is 14.1. The van der Waals surface area contributed by atoms with Gasteiger partial charge in [0.15, 0.2) is 0 Å². The molecule has 0 aliphatic rings. The van der Waals surface area contributed by atoms with Crippen LogP contribution in [0.5, 0.6) is 0 Å². The minimum Gasteiger partial charge on any atom is -0.443 e. The van der Waals surface area contributed by atoms with Crippen molar-refractivity contribution in [1.82, 2.24) is 0 Å². The van der Waals surface area contributed by atoms with Gasteiger partial charge in [-0.2, -0.15) is 0 Å². The van der Waals surface area contributed by atoms with Crippen LogP contribution in [-0.4, -0.2) is 35.5 Å². The van der Waals surface area contributed by atoms with Crippen molar-refractivity contribution < 1.29 is 9.53 Å². The van der Waals surface area contributed by atoms with Gasteiger partial charge in [0.2, 0.25) is 0 Å². The second kappa shape index (κ2) is 9.39. The second-order valence-electron chi connectivity index (χ2n) is 5.83. The molecule has 6 heteroatoms. The molecule has 0 atom stereocenters. The van der Waals surface area contributed by atoms with Crippen molar-refractivity contribution in [1.29, 1.82) is 0 Å². The Labute approximate surface area is 153 Å². The van der Waals surface area contributed by atoms with Crippen molar-refractivity contribution in [3.63, 3.8) is 0 Å². The Morgan fingerprint density at radius 3 is 2.38 bits per heavy atom. The van der Waals surface area contributed by atoms with Crippen LogP contribution in [0.25, 0.3) is 0 Å². The Hall–Kier alpha value is 0.232. The predicted octanol–water partition coefficient (Wildman–Crippen LogP) is 4.02. The molecule has 0 radical (unpaired) electrons. The topological polar surface area (TPSA) is 29.5 Å². The zero-order valence-electron chi connectivity index (χ0n) is 12.9. The van der Waals surface area contributed by atoms with E-state index in [9.17, 15) is 4.79 Å². The van der Waals surface area contributed by atoms with Gasteiger partial charge in [0.05, 0.1) is 0 Å². The minimum atomic E-state index is -0.472. The number of ether oxygens (including phenoxy) is 1. The van der Waals surface area contributed by atoms with Crippen molar-refractivity contribution in [2.24, 2.45) is 0 Å². The van der Waals surface area contributed by atoms with E-state index < -0.39 is 5.60 Å². The number of carbonyl (C=O) groups excluding carboxylic acids is 1. The van der Waals surface area contributed by atoms with Crippen molar-refractivity contribution in [2.45, 2.75) is 39.2 Å². The molecule has 0 spiro atoms. The number of rotatable bonds is 6. The lowest BCUT2D eigenvalue weighted by Crippen LogP contribution is -2.37. The summed E-state index contributed by atoms with van der Waals surface area (Å²) < 4.78 is 6.92. The number of anilines is 1. The molecule has 0 aromatic heterocycles. The van der Waals surface area contributed by atoms with Crippen LogP contribution in [0.4, 0.5) is 10.5 Å². The number of alkyl halides is 1. The summed E-state index contributed by atoms with van der Waals surface area (Å²) in [6.07, 6.45) is 1.72. The normalized spacial score (nSPS) is 11.1. The van der Waals surface area contributed by atoms with Crippen molar-refractivity contribution in [3.8, 4) is 0 Å². The highest BCUT2D eigenvalue weighted by Gasteiger charge is 2.23. The van der Waals surface area contributed by atoms with Gasteiger partial charge in [-0.05, 0) is 45.7 Å². The molecule has 0 aliphatic carbocycles. The Bertz CT molecular complexity index is 448. The van der Waals surface area contributed by atoms with Crippen LogP contribution in [0.3, 0.4) is 0 Å². The number of carbonyl (C=O) groups is 1. The third-order valence-corrected chi connectivity index (χ3v) is 6.76. The van der Waals surface area contributed by atoms with Crippen LogP contribution in [0, 0.1) is 0 Å². The monoisotopic (exact) mass is 481 g/mol. The first-order valence-electron chi connectivity index (χ1n) is 7.09. The smallest absolute Gasteiger partial charge is 0.414 e. The highest BCUT2D eigenvalue weighted by Crippen LogP contribution is 2.18. The van der Waals surface area contributed by atoms with E-state index >= 15 is 0 Å². The lowest BCUT2D eigenvalue weighted by Gasteiger charge is -2.27. The fourth-order valence-corrected chi connectivity index (χ4v) is 4.11. The molecule has 0 aliphatic heterocycles. The highest BCUT2D eigenvalue weighted by atomic mass is 127. The summed E-state index contributed by atoms with van der Waals surface area (Å²) in [5.74, 6) is 0. The van der Waals surface area contributed by atoms with Gasteiger partial charge in [0.1, 0.15) is 5.60 Å². The first kappa shape index (κ1) is 19.3. The summed E-state index contributed by atoms with van der Waals surface area (Å²) in [5, 5.41) is 0.953. The summed E-state index contributed by atoms with van der Waals surface area (Å²) in [6.45, 7) is 6.37. The maximum absolute atomic E-state index is 12.4. The van der Waals surface area contributed by atoms with E-state index in [1.54, 1.807) is 4.90 Å². The molecule has 0 fully saturated rings. The molecule has 21 heavy (non-hydrogen) atoms. The Balaban J connectivity index is 2.86. The maximum Gasteiger partial charge on any atom is 0.414 e. The van der Waals surface area contributed by atoms with Gasteiger partial charge < -0.3 is 4.74 Å². The molecule has 1 amide bonds. The van der Waals surface area contributed by atoms with Crippen molar-refractivity contribution in [3.05, 3.63) is 24.3 Å². The van der Waals surface area contributed by atoms with Gasteiger partial charge in [-0.1, -0.05) is 28.1 Å². The number of amides is 1. The van der Waals surface area contributed by atoms with Gasteiger partial charge in [-0.25, -0.2) is 25.1 Å². The van der Waals surface area contributed by atoms with Gasteiger partial charge in [0.25, 0.3) is 0 Å². The zero-order chi connectivity index (χ0) is 15.9. The standard InChI is InChI=1S/C15H21BrNO2.Al.HI.H/c1-15(2,3)19-14(18)17(12-8-7-11-16)13-9-5-4-6-10-13;;;/h5-6,9-10H,7-8,11-12H2,1-3H3;;1H;/q;+1;;/p-1. The number of nitrogens with zero attached hydrogens (tertiary/aromatic N) is 1. The van der Waals surface area contributed by atoms with E-state index in [0.717, 1.165) is 23.9 Å². The van der Waals surface area contributed by atoms with Gasteiger partial charge in [-0.3, -0.25) is 4.90 Å². The molecule has 0 bridgehead atoms. The van der Waals surface area contributed by atoms with Crippen LogP contribution in [0.15, 0.2) is 24.3 Å². The van der Waals surface area contributed by atoms with Crippen LogP contribution in [0.1, 0.15) is 33.6 Å². The van der Waals surface area contributed by atoms with Crippen LogP contribution >= 0.6 is 36.2 Å². The quantitative estimate of drug-likeness (QED) is 0.266. The fraction of sp³-hybridized carbons (Fsp3) is 0.533. The molecule has 0 unspecified atom stereocenters. The first-order chi connectivity index (χ1) is 9.87. The molecular weight excluding hydrogens is 460 g/mol. The van der Waals surface area contributed by atoms with Crippen molar-refractivity contribution in [2.75, 3.05) is 16.8 Å². The minimum absolute atomic E-state index is 0.187. The molecule has 3 nitrogen and oxygen atoms in total. The summed E-state index contributed by atoms with van der Waals surface area (Å²) in [6, 6.07) is 8.30. The predicted molar refractivity (Wildman–Crippen MR) is 104 cm³/mol. The molecular formula is C15H22AlBrINO2. The number of benzene rings is 1. The van der Waals surface area contributed by atoms with E-state index in [-0.39, 0.29) is 18.0 Å². The van der Waals surface area contributed by atoms with Gasteiger partial charge in [-0.15, -0.1) is 4.43 Å². The zero-order valence-corrected chi connectivity index (χ0v) is 18.0.